The van der Waals surface area contributed by atoms with E-state index in [1.54, 1.807) is 0 Å². The van der Waals surface area contributed by atoms with Gasteiger partial charge < -0.3 is 10.7 Å². The van der Waals surface area contributed by atoms with Crippen LogP contribution in [0.25, 0.3) is 10.9 Å². The third kappa shape index (κ3) is 1.65. The first kappa shape index (κ1) is 10.9. The van der Waals surface area contributed by atoms with Gasteiger partial charge in [-0.15, -0.1) is 0 Å². The van der Waals surface area contributed by atoms with E-state index in [9.17, 15) is 17.6 Å². The zero-order valence-electron chi connectivity index (χ0n) is 7.98. The van der Waals surface area contributed by atoms with Crippen LogP contribution >= 0.6 is 0 Å². The molecule has 86 valence electrons. The van der Waals surface area contributed by atoms with Crippen molar-refractivity contribution >= 4 is 10.9 Å². The van der Waals surface area contributed by atoms with E-state index in [-0.39, 0.29) is 10.9 Å². The lowest BCUT2D eigenvalue weighted by molar-refractivity contribution is -0.148. The van der Waals surface area contributed by atoms with Crippen molar-refractivity contribution in [2.24, 2.45) is 5.73 Å². The maximum Gasteiger partial charge on any atom is 0.407 e. The van der Waals surface area contributed by atoms with E-state index < -0.39 is 18.0 Å². The van der Waals surface area contributed by atoms with Crippen LogP contribution in [0.3, 0.4) is 0 Å². The van der Waals surface area contributed by atoms with E-state index in [0.717, 1.165) is 12.3 Å². The number of fused-ring (bicyclic) bond motifs is 1. The number of benzene rings is 1. The van der Waals surface area contributed by atoms with Crippen LogP contribution in [0.1, 0.15) is 11.6 Å². The van der Waals surface area contributed by atoms with Crippen molar-refractivity contribution in [3.63, 3.8) is 0 Å². The maximum absolute atomic E-state index is 13.4. The standard InChI is InChI=1S/C10H8F4N2/c11-6-2-1-3-7-8(6)5(4-16-7)9(15)10(12,13)14/h1-4,9,16H,15H2/t9-/m0/s1. The van der Waals surface area contributed by atoms with Crippen LogP contribution in [0.5, 0.6) is 0 Å². The fourth-order valence-electron chi connectivity index (χ4n) is 1.59. The van der Waals surface area contributed by atoms with Crippen molar-refractivity contribution in [2.45, 2.75) is 12.2 Å². The van der Waals surface area contributed by atoms with Crippen molar-refractivity contribution in [1.29, 1.82) is 0 Å². The minimum absolute atomic E-state index is 0.104. The molecule has 0 radical (unpaired) electrons. The molecule has 3 N–H and O–H groups in total. The molecule has 1 atom stereocenters. The molecule has 0 aliphatic carbocycles. The Morgan fingerprint density at radius 2 is 1.94 bits per heavy atom. The molecule has 1 aromatic heterocycles. The van der Waals surface area contributed by atoms with E-state index >= 15 is 0 Å². The fraction of sp³-hybridized carbons (Fsp3) is 0.200. The van der Waals surface area contributed by atoms with Gasteiger partial charge in [-0.2, -0.15) is 13.2 Å². The second kappa shape index (κ2) is 3.48. The van der Waals surface area contributed by atoms with Gasteiger partial charge in [-0.05, 0) is 12.1 Å². The van der Waals surface area contributed by atoms with Gasteiger partial charge in [0.2, 0.25) is 0 Å². The summed E-state index contributed by atoms with van der Waals surface area (Å²) in [5.74, 6) is -0.714. The molecule has 1 aromatic carbocycles. The van der Waals surface area contributed by atoms with Crippen molar-refractivity contribution in [1.82, 2.24) is 4.98 Å². The number of aromatic nitrogens is 1. The molecule has 0 spiro atoms. The monoisotopic (exact) mass is 232 g/mol. The molecular weight excluding hydrogens is 224 g/mol. The van der Waals surface area contributed by atoms with Crippen LogP contribution in [-0.4, -0.2) is 11.2 Å². The first-order valence-electron chi connectivity index (χ1n) is 4.49. The van der Waals surface area contributed by atoms with Crippen LogP contribution in [0.2, 0.25) is 0 Å². The van der Waals surface area contributed by atoms with Gasteiger partial charge in [-0.25, -0.2) is 4.39 Å². The molecule has 0 amide bonds. The summed E-state index contributed by atoms with van der Waals surface area (Å²) in [5, 5.41) is -0.104. The second-order valence-corrected chi connectivity index (χ2v) is 3.43. The van der Waals surface area contributed by atoms with Crippen LogP contribution in [0, 0.1) is 5.82 Å². The van der Waals surface area contributed by atoms with Gasteiger partial charge in [-0.3, -0.25) is 0 Å². The summed E-state index contributed by atoms with van der Waals surface area (Å²) < 4.78 is 50.6. The molecule has 0 saturated carbocycles. The summed E-state index contributed by atoms with van der Waals surface area (Å²) in [5.41, 5.74) is 5.06. The van der Waals surface area contributed by atoms with Gasteiger partial charge in [0.25, 0.3) is 0 Å². The van der Waals surface area contributed by atoms with Crippen LogP contribution in [0.15, 0.2) is 24.4 Å². The molecule has 2 rings (SSSR count). The molecule has 2 nitrogen and oxygen atoms in total. The number of hydrogen-bond acceptors (Lipinski definition) is 1. The van der Waals surface area contributed by atoms with Crippen molar-refractivity contribution in [3.8, 4) is 0 Å². The number of aromatic amines is 1. The highest BCUT2D eigenvalue weighted by molar-refractivity contribution is 5.84. The van der Waals surface area contributed by atoms with Crippen LogP contribution in [0.4, 0.5) is 17.6 Å². The second-order valence-electron chi connectivity index (χ2n) is 3.43. The number of nitrogens with one attached hydrogen (secondary N) is 1. The predicted molar refractivity (Wildman–Crippen MR) is 51.2 cm³/mol. The fourth-order valence-corrected chi connectivity index (χ4v) is 1.59. The molecule has 1 heterocycles. The highest BCUT2D eigenvalue weighted by atomic mass is 19.4. The molecule has 0 fully saturated rings. The van der Waals surface area contributed by atoms with E-state index in [2.05, 4.69) is 4.98 Å². The molecule has 0 aliphatic heterocycles. The Labute approximate surface area is 88.1 Å². The summed E-state index contributed by atoms with van der Waals surface area (Å²) in [6.07, 6.45) is -3.50. The Bertz CT molecular complexity index is 515. The first-order valence-corrected chi connectivity index (χ1v) is 4.49. The molecule has 2 aromatic rings. The van der Waals surface area contributed by atoms with Gasteiger partial charge in [-0.1, -0.05) is 6.07 Å². The van der Waals surface area contributed by atoms with E-state index in [0.29, 0.717) is 5.52 Å². The van der Waals surface area contributed by atoms with Gasteiger partial charge in [0.15, 0.2) is 0 Å². The lowest BCUT2D eigenvalue weighted by Crippen LogP contribution is -2.28. The van der Waals surface area contributed by atoms with Crippen LogP contribution < -0.4 is 5.73 Å². The number of rotatable bonds is 1. The average Bonchev–Trinajstić information content (AvgIpc) is 2.60. The highest BCUT2D eigenvalue weighted by Gasteiger charge is 2.39. The Kier molecular flexibility index (Phi) is 2.38. The first-order chi connectivity index (χ1) is 7.41. The van der Waals surface area contributed by atoms with Crippen molar-refractivity contribution < 1.29 is 17.6 Å². The summed E-state index contributed by atoms with van der Waals surface area (Å²) in [6.45, 7) is 0. The number of H-pyrrole nitrogens is 1. The number of hydrogen-bond donors (Lipinski definition) is 2. The van der Waals surface area contributed by atoms with Gasteiger partial charge in [0.05, 0.1) is 0 Å². The highest BCUT2D eigenvalue weighted by Crippen LogP contribution is 2.35. The zero-order chi connectivity index (χ0) is 11.9. The minimum atomic E-state index is -4.59. The van der Waals surface area contributed by atoms with Crippen LogP contribution in [-0.2, 0) is 0 Å². The summed E-state index contributed by atoms with van der Waals surface area (Å²) >= 11 is 0. The maximum atomic E-state index is 13.4. The minimum Gasteiger partial charge on any atom is -0.361 e. The van der Waals surface area contributed by atoms with Crippen molar-refractivity contribution in [3.05, 3.63) is 35.8 Å². The smallest absolute Gasteiger partial charge is 0.361 e. The molecule has 0 saturated heterocycles. The predicted octanol–water partition coefficient (Wildman–Crippen LogP) is 2.87. The molecule has 0 aliphatic rings. The molecular formula is C10H8F4N2. The number of nitrogens with two attached hydrogens (primary N) is 1. The Balaban J connectivity index is 2.62. The summed E-state index contributed by atoms with van der Waals surface area (Å²) in [6, 6.07) is 1.82. The van der Waals surface area contributed by atoms with Crippen molar-refractivity contribution in [2.75, 3.05) is 0 Å². The quantitative estimate of drug-likeness (QED) is 0.729. The topological polar surface area (TPSA) is 41.8 Å². The van der Waals surface area contributed by atoms with E-state index in [1.165, 1.54) is 12.1 Å². The summed E-state index contributed by atoms with van der Waals surface area (Å²) in [4.78, 5) is 2.56. The Hall–Kier alpha value is -1.56. The zero-order valence-corrected chi connectivity index (χ0v) is 7.98. The average molecular weight is 232 g/mol. The molecule has 16 heavy (non-hydrogen) atoms. The SMILES string of the molecule is N[C@@H](c1c[nH]c2cccc(F)c12)C(F)(F)F. The normalized spacial score (nSPS) is 14.3. The van der Waals surface area contributed by atoms with Gasteiger partial charge in [0, 0.05) is 22.7 Å². The lowest BCUT2D eigenvalue weighted by atomic mass is 10.1. The summed E-state index contributed by atoms with van der Waals surface area (Å²) in [7, 11) is 0. The molecule has 0 unspecified atom stereocenters. The van der Waals surface area contributed by atoms with Gasteiger partial charge >= 0.3 is 6.18 Å². The Morgan fingerprint density at radius 1 is 1.25 bits per heavy atom. The third-order valence-electron chi connectivity index (χ3n) is 2.37. The van der Waals surface area contributed by atoms with Gasteiger partial charge in [0.1, 0.15) is 11.9 Å². The largest absolute Gasteiger partial charge is 0.407 e. The molecule has 6 heteroatoms. The Morgan fingerprint density at radius 3 is 2.56 bits per heavy atom. The lowest BCUT2D eigenvalue weighted by Gasteiger charge is -2.14. The third-order valence-corrected chi connectivity index (χ3v) is 2.37. The molecule has 0 bridgehead atoms. The van der Waals surface area contributed by atoms with E-state index in [4.69, 9.17) is 5.73 Å². The number of halogens is 4. The number of alkyl halides is 3. The van der Waals surface area contributed by atoms with E-state index in [1.807, 2.05) is 0 Å².